The van der Waals surface area contributed by atoms with Gasteiger partial charge in [0.1, 0.15) is 35.2 Å². The Morgan fingerprint density at radius 2 is 1.74 bits per heavy atom. The smallest absolute Gasteiger partial charge is 0.427 e. The Morgan fingerprint density at radius 3 is 2.38 bits per heavy atom. The SMILES string of the molecule is CC(C)Oc1ccc(-c2cc(O[C@@H]3C[C@H]4C(=O)N[C@]5(C(=O)NS(=O)(=O)C6(C)CC6)C[C@H]5/C=C\CC[C@@H](C)C[C@@H](C)[C@H](NC(=O)OC(C)(C)C(F)(F)F)C(=O)N4C3)cc(-n3cccn3)n2)cc1. The quantitative estimate of drug-likeness (QED) is 0.180. The molecule has 3 fully saturated rings. The number of pyridine rings is 1. The third kappa shape index (κ3) is 10.5. The Hall–Kier alpha value is -5.66. The fourth-order valence-corrected chi connectivity index (χ4v) is 9.75. The number of hydrogen-bond donors (Lipinski definition) is 3. The van der Waals surface area contributed by atoms with Gasteiger partial charge in [-0.3, -0.25) is 19.1 Å². The first-order valence-electron chi connectivity index (χ1n) is 22.3. The second kappa shape index (κ2) is 18.2. The molecule has 2 aromatic heterocycles. The van der Waals surface area contributed by atoms with Crippen molar-refractivity contribution in [2.45, 2.75) is 140 Å². The molecule has 2 aliphatic carbocycles. The molecule has 3 aromatic rings. The first-order chi connectivity index (χ1) is 30.9. The Labute approximate surface area is 382 Å². The molecule has 1 saturated heterocycles. The number of hydrogen-bond acceptors (Lipinski definition) is 11. The number of benzene rings is 1. The summed E-state index contributed by atoms with van der Waals surface area (Å²) in [4.78, 5) is 63.0. The van der Waals surface area contributed by atoms with Crippen LogP contribution < -0.4 is 24.8 Å². The van der Waals surface area contributed by atoms with Gasteiger partial charge in [-0.15, -0.1) is 0 Å². The second-order valence-corrected chi connectivity index (χ2v) is 21.4. The molecule has 1 aromatic carbocycles. The lowest BCUT2D eigenvalue weighted by Gasteiger charge is -2.34. The molecule has 0 spiro atoms. The number of fused-ring (bicyclic) bond motifs is 2. The van der Waals surface area contributed by atoms with Gasteiger partial charge < -0.3 is 29.7 Å². The first-order valence-corrected chi connectivity index (χ1v) is 23.8. The van der Waals surface area contributed by atoms with Gasteiger partial charge >= 0.3 is 12.3 Å². The third-order valence-electron chi connectivity index (χ3n) is 12.9. The first kappa shape index (κ1) is 48.3. The summed E-state index contributed by atoms with van der Waals surface area (Å²) in [5, 5.41) is 9.56. The van der Waals surface area contributed by atoms with Crippen LogP contribution in [0.5, 0.6) is 11.5 Å². The Kier molecular flexibility index (Phi) is 13.3. The molecule has 0 unspecified atom stereocenters. The van der Waals surface area contributed by atoms with E-state index in [1.165, 1.54) is 16.5 Å². The maximum atomic E-state index is 15.0. The van der Waals surface area contributed by atoms with Crippen molar-refractivity contribution in [1.82, 2.24) is 35.0 Å². The van der Waals surface area contributed by atoms with Crippen molar-refractivity contribution in [3.05, 3.63) is 67.0 Å². The number of aromatic nitrogens is 3. The predicted octanol–water partition coefficient (Wildman–Crippen LogP) is 6.39. The summed E-state index contributed by atoms with van der Waals surface area (Å²) < 4.78 is 88.1. The number of rotatable bonds is 11. The minimum Gasteiger partial charge on any atom is -0.491 e. The van der Waals surface area contributed by atoms with Crippen molar-refractivity contribution in [2.75, 3.05) is 6.54 Å². The third-order valence-corrected chi connectivity index (χ3v) is 15.1. The molecule has 7 atom stereocenters. The molecule has 7 rings (SSSR count). The van der Waals surface area contributed by atoms with Crippen molar-refractivity contribution in [2.24, 2.45) is 17.8 Å². The molecule has 4 aliphatic rings. The summed E-state index contributed by atoms with van der Waals surface area (Å²) in [6, 6.07) is 9.54. The highest BCUT2D eigenvalue weighted by atomic mass is 32.2. The van der Waals surface area contributed by atoms with Crippen LogP contribution in [0.4, 0.5) is 18.0 Å². The van der Waals surface area contributed by atoms with Crippen molar-refractivity contribution in [3.8, 4) is 28.6 Å². The lowest BCUT2D eigenvalue weighted by atomic mass is 9.88. The number of ether oxygens (including phenoxy) is 3. The number of carbonyl (C=O) groups is 4. The molecular weight excluding hydrogens is 884 g/mol. The number of halogens is 3. The summed E-state index contributed by atoms with van der Waals surface area (Å²) >= 11 is 0. The summed E-state index contributed by atoms with van der Waals surface area (Å²) in [5.74, 6) is -2.42. The second-order valence-electron chi connectivity index (χ2n) is 19.2. The van der Waals surface area contributed by atoms with Crippen LogP contribution in [-0.4, -0.2) is 105 Å². The summed E-state index contributed by atoms with van der Waals surface area (Å²) in [5.41, 5.74) is -3.36. The maximum Gasteiger partial charge on any atom is 0.427 e. The fourth-order valence-electron chi connectivity index (χ4n) is 8.44. The van der Waals surface area contributed by atoms with E-state index in [1.54, 1.807) is 43.6 Å². The zero-order valence-electron chi connectivity index (χ0n) is 38.1. The van der Waals surface area contributed by atoms with Gasteiger partial charge in [-0.25, -0.2) is 22.9 Å². The molecule has 20 heteroatoms. The zero-order chi connectivity index (χ0) is 48.0. The van der Waals surface area contributed by atoms with Crippen molar-refractivity contribution >= 4 is 33.8 Å². The molecule has 4 heterocycles. The van der Waals surface area contributed by atoms with E-state index in [0.717, 1.165) is 0 Å². The fraction of sp³-hybridized carbons (Fsp3) is 0.565. The van der Waals surface area contributed by atoms with Crippen LogP contribution in [0, 0.1) is 17.8 Å². The van der Waals surface area contributed by atoms with Crippen LogP contribution in [0.1, 0.15) is 93.4 Å². The number of nitrogens with one attached hydrogen (secondary N) is 3. The van der Waals surface area contributed by atoms with Gasteiger partial charge in [0, 0.05) is 42.4 Å². The van der Waals surface area contributed by atoms with Crippen LogP contribution in [0.15, 0.2) is 67.0 Å². The number of alkyl carbamates (subject to hydrolysis) is 1. The molecule has 4 amide bonds. The minimum absolute atomic E-state index is 0.0443. The molecule has 66 heavy (non-hydrogen) atoms. The van der Waals surface area contributed by atoms with Gasteiger partial charge in [0.2, 0.25) is 27.4 Å². The Balaban J connectivity index is 1.24. The van der Waals surface area contributed by atoms with Crippen LogP contribution in [0.3, 0.4) is 0 Å². The number of alkyl halides is 3. The highest BCUT2D eigenvalue weighted by Gasteiger charge is 2.63. The monoisotopic (exact) mass is 941 g/mol. The number of allylic oxidation sites excluding steroid dienone is 1. The van der Waals surface area contributed by atoms with Crippen LogP contribution in [0.2, 0.25) is 0 Å². The Bertz CT molecular complexity index is 2440. The van der Waals surface area contributed by atoms with Gasteiger partial charge in [-0.2, -0.15) is 18.3 Å². The molecule has 2 aliphatic heterocycles. The van der Waals surface area contributed by atoms with E-state index in [1.807, 2.05) is 51.1 Å². The standard InChI is InChI=1S/C46H58F3N7O9S/c1-27(2)63-32-15-13-30(14-16-32)35-22-33(24-37(51-35)56-20-10-19-50-56)64-34-23-36-39(57)53-45(41(59)54-66(61,62)44(7)17-18-44)25-31(45)12-9-8-11-28(3)21-29(4)38(40(58)55(36)26-34)52-42(60)65-43(5,6)46(47,48)49/h9-10,12-16,19-20,22,24,27-29,31,34,36,38H,8,11,17-18,21,23,25-26H2,1-7H3,(H,52,60)(H,53,57)(H,54,59)/b12-9-/t28-,29-,31-,34-,36+,38+,45-/m1/s1. The predicted molar refractivity (Wildman–Crippen MR) is 236 cm³/mol. The van der Waals surface area contributed by atoms with Crippen molar-refractivity contribution in [3.63, 3.8) is 0 Å². The lowest BCUT2D eigenvalue weighted by molar-refractivity contribution is -0.244. The largest absolute Gasteiger partial charge is 0.491 e. The van der Waals surface area contributed by atoms with Crippen molar-refractivity contribution < 1.29 is 55.0 Å². The summed E-state index contributed by atoms with van der Waals surface area (Å²) in [6.45, 7) is 10.2. The normalized spacial score (nSPS) is 27.3. The van der Waals surface area contributed by atoms with E-state index in [4.69, 9.17) is 19.2 Å². The van der Waals surface area contributed by atoms with Gasteiger partial charge in [0.05, 0.1) is 23.1 Å². The number of sulfonamides is 1. The van der Waals surface area contributed by atoms with Gasteiger partial charge in [0.25, 0.3) is 5.91 Å². The Morgan fingerprint density at radius 1 is 1.03 bits per heavy atom. The molecule has 0 radical (unpaired) electrons. The molecule has 16 nitrogen and oxygen atoms in total. The van der Waals surface area contributed by atoms with Gasteiger partial charge in [-0.05, 0) is 115 Å². The number of carbonyl (C=O) groups excluding carboxylic acids is 4. The molecule has 3 N–H and O–H groups in total. The highest BCUT2D eigenvalue weighted by molar-refractivity contribution is 7.91. The highest BCUT2D eigenvalue weighted by Crippen LogP contribution is 2.48. The van der Waals surface area contributed by atoms with Gasteiger partial charge in [0.15, 0.2) is 5.82 Å². The van der Waals surface area contributed by atoms with Gasteiger partial charge in [-0.1, -0.05) is 26.0 Å². The van der Waals surface area contributed by atoms with E-state index < -0.39 is 85.9 Å². The summed E-state index contributed by atoms with van der Waals surface area (Å²) in [7, 11) is -4.10. The lowest BCUT2D eigenvalue weighted by Crippen LogP contribution is -2.59. The van der Waals surface area contributed by atoms with Crippen molar-refractivity contribution in [1.29, 1.82) is 0 Å². The zero-order valence-corrected chi connectivity index (χ0v) is 38.9. The molecule has 2 saturated carbocycles. The molecular formula is C46H58F3N7O9S. The van der Waals surface area contributed by atoms with E-state index in [2.05, 4.69) is 20.5 Å². The molecule has 0 bridgehead atoms. The molecule has 358 valence electrons. The van der Waals surface area contributed by atoms with Crippen LogP contribution >= 0.6 is 0 Å². The average Bonchev–Trinajstić information content (AvgIpc) is 3.98. The van der Waals surface area contributed by atoms with E-state index in [-0.39, 0.29) is 31.4 Å². The topological polar surface area (TPSA) is 200 Å². The number of nitrogens with zero attached hydrogens (tertiary/aromatic N) is 4. The summed E-state index contributed by atoms with van der Waals surface area (Å²) in [6.07, 6.45) is 1.76. The van der Waals surface area contributed by atoms with Crippen LogP contribution in [-0.2, 0) is 29.1 Å². The van der Waals surface area contributed by atoms with E-state index in [0.29, 0.717) is 74.5 Å². The van der Waals surface area contributed by atoms with E-state index in [9.17, 15) is 40.8 Å². The van der Waals surface area contributed by atoms with E-state index >= 15 is 0 Å². The minimum atomic E-state index is -4.93. The maximum absolute atomic E-state index is 15.0. The van der Waals surface area contributed by atoms with Crippen LogP contribution in [0.25, 0.3) is 17.1 Å². The number of amides is 4. The average molecular weight is 942 g/mol.